The molecule has 2 aromatic rings. The average molecular weight is 392 g/mol. The number of halogens is 4. The van der Waals surface area contributed by atoms with Gasteiger partial charge in [-0.1, -0.05) is 29.8 Å². The molecule has 134 valence electrons. The van der Waals surface area contributed by atoms with Gasteiger partial charge in [-0.3, -0.25) is 4.79 Å². The maximum absolute atomic E-state index is 12.8. The van der Waals surface area contributed by atoms with Gasteiger partial charge in [0, 0.05) is 5.69 Å². The maximum atomic E-state index is 12.8. The number of nitrogens with one attached hydrogen (secondary N) is 1. The summed E-state index contributed by atoms with van der Waals surface area (Å²) in [5, 5.41) is 0.176. The summed E-state index contributed by atoms with van der Waals surface area (Å²) in [5.74, 6) is -0.945. The minimum absolute atomic E-state index is 0.0512. The normalized spacial score (nSPS) is 13.3. The van der Waals surface area contributed by atoms with Crippen LogP contribution in [0.1, 0.15) is 12.5 Å². The third-order valence-corrected chi connectivity index (χ3v) is 5.85. The smallest absolute Gasteiger partial charge is 0.325 e. The van der Waals surface area contributed by atoms with Crippen LogP contribution in [0.2, 0.25) is 5.02 Å². The predicted octanol–water partition coefficient (Wildman–Crippen LogP) is 4.16. The second-order valence-electron chi connectivity index (χ2n) is 5.18. The highest BCUT2D eigenvalue weighted by atomic mass is 35.5. The number of anilines is 1. The van der Waals surface area contributed by atoms with E-state index in [0.717, 1.165) is 19.1 Å². The van der Waals surface area contributed by atoms with E-state index in [1.165, 1.54) is 24.3 Å². The van der Waals surface area contributed by atoms with Crippen LogP contribution in [0.15, 0.2) is 53.4 Å². The quantitative estimate of drug-likeness (QED) is 0.851. The van der Waals surface area contributed by atoms with Gasteiger partial charge < -0.3 is 5.32 Å². The van der Waals surface area contributed by atoms with Crippen LogP contribution in [0.5, 0.6) is 0 Å². The molecule has 0 spiro atoms. The van der Waals surface area contributed by atoms with Gasteiger partial charge >= 0.3 is 6.18 Å². The molecule has 0 bridgehead atoms. The number of hydrogen-bond acceptors (Lipinski definition) is 3. The first kappa shape index (κ1) is 19.3. The highest BCUT2D eigenvalue weighted by molar-refractivity contribution is 7.92. The third-order valence-electron chi connectivity index (χ3n) is 3.45. The molecular formula is C16H13ClF3NO3S. The van der Waals surface area contributed by atoms with E-state index in [1.54, 1.807) is 6.07 Å². The van der Waals surface area contributed by atoms with Crippen LogP contribution < -0.4 is 5.32 Å². The summed E-state index contributed by atoms with van der Waals surface area (Å²) < 4.78 is 63.3. The molecule has 0 saturated heterocycles. The van der Waals surface area contributed by atoms with E-state index in [4.69, 9.17) is 11.6 Å². The summed E-state index contributed by atoms with van der Waals surface area (Å²) in [7, 11) is -3.97. The fraction of sp³-hybridized carbons (Fsp3) is 0.188. The minimum Gasteiger partial charge on any atom is -0.325 e. The van der Waals surface area contributed by atoms with Crippen LogP contribution >= 0.6 is 11.6 Å². The molecule has 0 aliphatic rings. The average Bonchev–Trinajstić information content (AvgIpc) is 2.55. The van der Waals surface area contributed by atoms with Gasteiger partial charge in [0.25, 0.3) is 0 Å². The van der Waals surface area contributed by atoms with Crippen LogP contribution in [0.25, 0.3) is 0 Å². The molecule has 1 amide bonds. The van der Waals surface area contributed by atoms with Gasteiger partial charge in [-0.2, -0.15) is 13.2 Å². The van der Waals surface area contributed by atoms with Gasteiger partial charge in [0.2, 0.25) is 5.91 Å². The Balaban J connectivity index is 2.25. The Labute approximate surface area is 147 Å². The fourth-order valence-corrected chi connectivity index (χ4v) is 3.53. The summed E-state index contributed by atoms with van der Waals surface area (Å²) in [6.07, 6.45) is -4.69. The molecule has 4 nitrogen and oxygen atoms in total. The lowest BCUT2D eigenvalue weighted by atomic mass is 10.2. The predicted molar refractivity (Wildman–Crippen MR) is 88.2 cm³/mol. The van der Waals surface area contributed by atoms with Crippen LogP contribution in [0, 0.1) is 0 Å². The number of carbonyl (C=O) groups is 1. The number of carbonyl (C=O) groups excluding carboxylic acids is 1. The van der Waals surface area contributed by atoms with Gasteiger partial charge in [0.05, 0.1) is 15.5 Å². The van der Waals surface area contributed by atoms with Crippen molar-refractivity contribution in [1.82, 2.24) is 0 Å². The number of benzene rings is 2. The molecule has 2 rings (SSSR count). The van der Waals surface area contributed by atoms with Gasteiger partial charge in [0.15, 0.2) is 9.84 Å². The molecule has 0 saturated carbocycles. The van der Waals surface area contributed by atoms with Crippen molar-refractivity contribution >= 4 is 33.0 Å². The van der Waals surface area contributed by atoms with E-state index < -0.39 is 37.8 Å². The van der Waals surface area contributed by atoms with Crippen molar-refractivity contribution in [3.63, 3.8) is 0 Å². The monoisotopic (exact) mass is 391 g/mol. The van der Waals surface area contributed by atoms with Gasteiger partial charge in [-0.15, -0.1) is 0 Å². The van der Waals surface area contributed by atoms with E-state index in [9.17, 15) is 26.4 Å². The summed E-state index contributed by atoms with van der Waals surface area (Å²) in [4.78, 5) is 12.1. The van der Waals surface area contributed by atoms with Crippen molar-refractivity contribution in [3.05, 3.63) is 59.1 Å². The molecule has 1 unspecified atom stereocenters. The van der Waals surface area contributed by atoms with Crippen molar-refractivity contribution in [2.24, 2.45) is 0 Å². The molecule has 25 heavy (non-hydrogen) atoms. The van der Waals surface area contributed by atoms with Gasteiger partial charge in [0.1, 0.15) is 5.25 Å². The first-order chi connectivity index (χ1) is 11.5. The third kappa shape index (κ3) is 4.32. The Hall–Kier alpha value is -2.06. The number of alkyl halides is 3. The Morgan fingerprint density at radius 2 is 1.72 bits per heavy atom. The molecular weight excluding hydrogens is 379 g/mol. The van der Waals surface area contributed by atoms with Gasteiger partial charge in [-0.05, 0) is 37.3 Å². The molecule has 1 atom stereocenters. The largest absolute Gasteiger partial charge is 0.417 e. The van der Waals surface area contributed by atoms with Crippen molar-refractivity contribution in [3.8, 4) is 0 Å². The molecule has 0 aliphatic heterocycles. The standard InChI is InChI=1S/C16H13ClF3NO3S/c1-10(25(23,24)12-5-3-2-4-6-12)15(22)21-11-7-8-14(17)13(9-11)16(18,19)20/h2-10H,1H3,(H,21,22). The first-order valence-corrected chi connectivity index (χ1v) is 8.92. The Kier molecular flexibility index (Phi) is 5.43. The Morgan fingerprint density at radius 3 is 2.28 bits per heavy atom. The van der Waals surface area contributed by atoms with Crippen LogP contribution in [0.4, 0.5) is 18.9 Å². The lowest BCUT2D eigenvalue weighted by molar-refractivity contribution is -0.137. The number of amides is 1. The van der Waals surface area contributed by atoms with Crippen LogP contribution in [-0.2, 0) is 20.8 Å². The first-order valence-electron chi connectivity index (χ1n) is 7.00. The topological polar surface area (TPSA) is 63.2 Å². The van der Waals surface area contributed by atoms with Gasteiger partial charge in [-0.25, -0.2) is 8.42 Å². The van der Waals surface area contributed by atoms with E-state index in [0.29, 0.717) is 6.07 Å². The van der Waals surface area contributed by atoms with E-state index >= 15 is 0 Å². The maximum Gasteiger partial charge on any atom is 0.417 e. The number of hydrogen-bond donors (Lipinski definition) is 1. The fourth-order valence-electron chi connectivity index (χ4n) is 2.02. The van der Waals surface area contributed by atoms with E-state index in [1.807, 2.05) is 0 Å². The van der Waals surface area contributed by atoms with Crippen molar-refractivity contribution in [2.75, 3.05) is 5.32 Å². The second-order valence-corrected chi connectivity index (χ2v) is 7.86. The SMILES string of the molecule is CC(C(=O)Nc1ccc(Cl)c(C(F)(F)F)c1)S(=O)(=O)c1ccccc1. The number of sulfone groups is 1. The summed E-state index contributed by atoms with van der Waals surface area (Å²) >= 11 is 5.50. The molecule has 9 heteroatoms. The Morgan fingerprint density at radius 1 is 1.12 bits per heavy atom. The highest BCUT2D eigenvalue weighted by Crippen LogP contribution is 2.36. The van der Waals surface area contributed by atoms with Crippen LogP contribution in [0.3, 0.4) is 0 Å². The zero-order chi connectivity index (χ0) is 18.8. The zero-order valence-electron chi connectivity index (χ0n) is 12.8. The molecule has 0 fully saturated rings. The summed E-state index contributed by atoms with van der Waals surface area (Å²) in [5.41, 5.74) is -1.32. The Bertz CT molecular complexity index is 883. The molecule has 0 heterocycles. The number of rotatable bonds is 4. The highest BCUT2D eigenvalue weighted by Gasteiger charge is 2.34. The molecule has 0 aromatic heterocycles. The van der Waals surface area contributed by atoms with Crippen molar-refractivity contribution < 1.29 is 26.4 Å². The molecule has 1 N–H and O–H groups in total. The van der Waals surface area contributed by atoms with E-state index in [-0.39, 0.29) is 10.6 Å². The molecule has 0 aliphatic carbocycles. The van der Waals surface area contributed by atoms with Crippen molar-refractivity contribution in [2.45, 2.75) is 23.2 Å². The lowest BCUT2D eigenvalue weighted by Gasteiger charge is -2.15. The lowest BCUT2D eigenvalue weighted by Crippen LogP contribution is -2.32. The summed E-state index contributed by atoms with van der Waals surface area (Å²) in [6.45, 7) is 1.16. The van der Waals surface area contributed by atoms with Crippen LogP contribution in [-0.4, -0.2) is 19.6 Å². The second kappa shape index (κ2) is 7.05. The minimum atomic E-state index is -4.69. The zero-order valence-corrected chi connectivity index (χ0v) is 14.4. The summed E-state index contributed by atoms with van der Waals surface area (Å²) in [6, 6.07) is 10.1. The molecule has 0 radical (unpaired) electrons. The molecule has 2 aromatic carbocycles. The van der Waals surface area contributed by atoms with Crippen molar-refractivity contribution in [1.29, 1.82) is 0 Å². The van der Waals surface area contributed by atoms with E-state index in [2.05, 4.69) is 5.32 Å².